The predicted octanol–water partition coefficient (Wildman–Crippen LogP) is 1.93. The van der Waals surface area contributed by atoms with E-state index in [1.165, 1.54) is 0 Å². The van der Waals surface area contributed by atoms with Crippen LogP contribution in [0.1, 0.15) is 5.69 Å². The van der Waals surface area contributed by atoms with Gasteiger partial charge in [0.2, 0.25) is 5.88 Å². The number of aryl methyl sites for hydroxylation is 2. The smallest absolute Gasteiger partial charge is 0.222 e. The van der Waals surface area contributed by atoms with Crippen molar-refractivity contribution in [3.05, 3.63) is 30.1 Å². The molecule has 20 heavy (non-hydrogen) atoms. The van der Waals surface area contributed by atoms with E-state index in [0.717, 1.165) is 28.0 Å². The number of pyridine rings is 2. The molecule has 0 unspecified atom stereocenters. The van der Waals surface area contributed by atoms with Crippen molar-refractivity contribution in [2.45, 2.75) is 6.92 Å². The van der Waals surface area contributed by atoms with Crippen LogP contribution in [-0.4, -0.2) is 26.9 Å². The molecule has 0 atom stereocenters. The molecule has 0 aliphatic carbocycles. The number of nitrogen functional groups attached to an aromatic ring is 1. The van der Waals surface area contributed by atoms with Crippen molar-refractivity contribution < 1.29 is 4.74 Å². The van der Waals surface area contributed by atoms with Crippen molar-refractivity contribution in [1.82, 2.24) is 19.7 Å². The molecule has 0 aliphatic heterocycles. The van der Waals surface area contributed by atoms with E-state index >= 15 is 0 Å². The molecule has 6 nitrogen and oxygen atoms in total. The number of nitrogens with two attached hydrogens (primary N) is 1. The molecule has 0 fully saturated rings. The maximum atomic E-state index is 6.14. The minimum absolute atomic E-state index is 0.528. The summed E-state index contributed by atoms with van der Waals surface area (Å²) in [4.78, 5) is 8.84. The third kappa shape index (κ3) is 1.77. The molecule has 3 aromatic heterocycles. The summed E-state index contributed by atoms with van der Waals surface area (Å²) in [6.07, 6.45) is 1.68. The van der Waals surface area contributed by atoms with E-state index in [1.54, 1.807) is 18.0 Å². The minimum atomic E-state index is 0.528. The van der Waals surface area contributed by atoms with Gasteiger partial charge in [0, 0.05) is 13.2 Å². The van der Waals surface area contributed by atoms with Crippen molar-refractivity contribution in [2.24, 2.45) is 7.05 Å². The Hall–Kier alpha value is -2.63. The van der Waals surface area contributed by atoms with Gasteiger partial charge in [-0.1, -0.05) is 0 Å². The Morgan fingerprint density at radius 2 is 2.15 bits per heavy atom. The fourth-order valence-electron chi connectivity index (χ4n) is 2.36. The van der Waals surface area contributed by atoms with Crippen LogP contribution in [0.25, 0.3) is 22.3 Å². The molecule has 2 N–H and O–H groups in total. The highest BCUT2D eigenvalue weighted by atomic mass is 16.5. The number of aromatic nitrogens is 4. The summed E-state index contributed by atoms with van der Waals surface area (Å²) in [5, 5.41) is 4.36. The Morgan fingerprint density at radius 3 is 2.90 bits per heavy atom. The van der Waals surface area contributed by atoms with Crippen molar-refractivity contribution in [3.8, 4) is 17.1 Å². The van der Waals surface area contributed by atoms with Crippen LogP contribution in [0.5, 0.6) is 5.88 Å². The zero-order valence-electron chi connectivity index (χ0n) is 11.6. The Bertz CT molecular complexity index is 794. The first-order chi connectivity index (χ1) is 9.61. The number of methoxy groups -OCH3 is 1. The van der Waals surface area contributed by atoms with Gasteiger partial charge in [0.15, 0.2) is 0 Å². The number of hydrogen-bond donors (Lipinski definition) is 1. The van der Waals surface area contributed by atoms with Crippen LogP contribution in [0.4, 0.5) is 5.69 Å². The van der Waals surface area contributed by atoms with Crippen molar-refractivity contribution in [1.29, 1.82) is 0 Å². The summed E-state index contributed by atoms with van der Waals surface area (Å²) < 4.78 is 7.02. The zero-order chi connectivity index (χ0) is 14.3. The Morgan fingerprint density at radius 1 is 1.35 bits per heavy atom. The molecule has 3 heterocycles. The summed E-state index contributed by atoms with van der Waals surface area (Å²) in [6.45, 7) is 1.92. The van der Waals surface area contributed by atoms with Gasteiger partial charge in [-0.3, -0.25) is 4.68 Å². The standard InChI is InChI=1S/C14H15N5O/c1-8-12-13(19(2)18-8)10(15)7-11(17-12)9-5-4-6-16-14(9)20-3/h4-7H,1-3H3,(H2,15,17). The SMILES string of the molecule is COc1ncccc1-c1cc(N)c2c(n1)c(C)nn2C. The molecule has 3 rings (SSSR count). The maximum absolute atomic E-state index is 6.14. The molecular weight excluding hydrogens is 254 g/mol. The first-order valence-corrected chi connectivity index (χ1v) is 6.21. The molecule has 6 heteroatoms. The van der Waals surface area contributed by atoms with E-state index in [9.17, 15) is 0 Å². The monoisotopic (exact) mass is 269 g/mol. The van der Waals surface area contributed by atoms with Gasteiger partial charge < -0.3 is 10.5 Å². The molecule has 0 saturated carbocycles. The van der Waals surface area contributed by atoms with E-state index in [-0.39, 0.29) is 0 Å². The Kier molecular flexibility index (Phi) is 2.78. The van der Waals surface area contributed by atoms with E-state index in [0.29, 0.717) is 11.6 Å². The average Bonchev–Trinajstić information content (AvgIpc) is 2.74. The number of ether oxygens (including phenoxy) is 1. The molecular formula is C14H15N5O. The molecule has 3 aromatic rings. The van der Waals surface area contributed by atoms with E-state index in [4.69, 9.17) is 10.5 Å². The second-order valence-electron chi connectivity index (χ2n) is 4.56. The molecule has 0 saturated heterocycles. The van der Waals surface area contributed by atoms with Gasteiger partial charge in [-0.2, -0.15) is 5.10 Å². The highest BCUT2D eigenvalue weighted by molar-refractivity contribution is 5.91. The van der Waals surface area contributed by atoms with Crippen LogP contribution >= 0.6 is 0 Å². The van der Waals surface area contributed by atoms with Crippen molar-refractivity contribution >= 4 is 16.7 Å². The summed E-state index contributed by atoms with van der Waals surface area (Å²) >= 11 is 0. The number of hydrogen-bond acceptors (Lipinski definition) is 5. The fourth-order valence-corrected chi connectivity index (χ4v) is 2.36. The van der Waals surface area contributed by atoms with Gasteiger partial charge in [0.25, 0.3) is 0 Å². The Labute approximate surface area is 116 Å². The summed E-state index contributed by atoms with van der Waals surface area (Å²) in [6, 6.07) is 5.57. The highest BCUT2D eigenvalue weighted by Gasteiger charge is 2.15. The summed E-state index contributed by atoms with van der Waals surface area (Å²) in [5.74, 6) is 0.528. The lowest BCUT2D eigenvalue weighted by molar-refractivity contribution is 0.399. The number of anilines is 1. The number of nitrogens with zero attached hydrogens (tertiary/aromatic N) is 4. The van der Waals surface area contributed by atoms with Crippen LogP contribution in [0, 0.1) is 6.92 Å². The second kappa shape index (κ2) is 4.48. The van der Waals surface area contributed by atoms with Gasteiger partial charge in [-0.15, -0.1) is 0 Å². The van der Waals surface area contributed by atoms with Crippen LogP contribution in [0.3, 0.4) is 0 Å². The molecule has 0 amide bonds. The summed E-state index contributed by atoms with van der Waals surface area (Å²) in [5.41, 5.74) is 10.8. The first-order valence-electron chi connectivity index (χ1n) is 6.21. The number of fused-ring (bicyclic) bond motifs is 1. The van der Waals surface area contributed by atoms with Gasteiger partial charge >= 0.3 is 0 Å². The lowest BCUT2D eigenvalue weighted by Crippen LogP contribution is -1.98. The van der Waals surface area contributed by atoms with E-state index in [1.807, 2.05) is 32.2 Å². The molecule has 0 radical (unpaired) electrons. The van der Waals surface area contributed by atoms with Crippen LogP contribution in [0.2, 0.25) is 0 Å². The Balaban J connectivity index is 2.30. The maximum Gasteiger partial charge on any atom is 0.222 e. The van der Waals surface area contributed by atoms with Gasteiger partial charge in [0.1, 0.15) is 11.0 Å². The quantitative estimate of drug-likeness (QED) is 0.769. The van der Waals surface area contributed by atoms with Gasteiger partial charge in [-0.05, 0) is 25.1 Å². The molecule has 102 valence electrons. The van der Waals surface area contributed by atoms with Crippen LogP contribution < -0.4 is 10.5 Å². The van der Waals surface area contributed by atoms with Crippen molar-refractivity contribution in [3.63, 3.8) is 0 Å². The summed E-state index contributed by atoms with van der Waals surface area (Å²) in [7, 11) is 3.45. The minimum Gasteiger partial charge on any atom is -0.481 e. The normalized spacial score (nSPS) is 10.9. The zero-order valence-corrected chi connectivity index (χ0v) is 11.6. The topological polar surface area (TPSA) is 78.8 Å². The second-order valence-corrected chi connectivity index (χ2v) is 4.56. The lowest BCUT2D eigenvalue weighted by Gasteiger charge is -2.08. The first kappa shape index (κ1) is 12.4. The fraction of sp³-hybridized carbons (Fsp3) is 0.214. The molecule has 0 aliphatic rings. The molecule has 0 aromatic carbocycles. The van der Waals surface area contributed by atoms with E-state index in [2.05, 4.69) is 15.1 Å². The van der Waals surface area contributed by atoms with Gasteiger partial charge in [0.05, 0.1) is 29.7 Å². The third-order valence-electron chi connectivity index (χ3n) is 3.23. The van der Waals surface area contributed by atoms with Crippen molar-refractivity contribution in [2.75, 3.05) is 12.8 Å². The highest BCUT2D eigenvalue weighted by Crippen LogP contribution is 2.31. The van der Waals surface area contributed by atoms with E-state index < -0.39 is 0 Å². The van der Waals surface area contributed by atoms with Crippen LogP contribution in [0.15, 0.2) is 24.4 Å². The molecule has 0 spiro atoms. The average molecular weight is 269 g/mol. The van der Waals surface area contributed by atoms with Gasteiger partial charge in [-0.25, -0.2) is 9.97 Å². The predicted molar refractivity (Wildman–Crippen MR) is 77.4 cm³/mol. The lowest BCUT2D eigenvalue weighted by atomic mass is 10.1. The largest absolute Gasteiger partial charge is 0.481 e. The third-order valence-corrected chi connectivity index (χ3v) is 3.23. The van der Waals surface area contributed by atoms with Crippen LogP contribution in [-0.2, 0) is 7.05 Å². The molecule has 0 bridgehead atoms. The number of rotatable bonds is 2.